The molecule has 0 aromatic heterocycles. The molecule has 110 valence electrons. The van der Waals surface area contributed by atoms with Crippen molar-refractivity contribution in [2.75, 3.05) is 5.32 Å². The molecule has 0 spiro atoms. The molecule has 0 aliphatic rings. The number of nitrogens with zero attached hydrogens (tertiary/aromatic N) is 1. The summed E-state index contributed by atoms with van der Waals surface area (Å²) in [5, 5.41) is 14.3. The molecule has 0 aliphatic carbocycles. The van der Waals surface area contributed by atoms with Crippen molar-refractivity contribution < 1.29 is 4.92 Å². The molecule has 0 amide bonds. The lowest BCUT2D eigenvalue weighted by molar-refractivity contribution is -0.384. The van der Waals surface area contributed by atoms with Crippen molar-refractivity contribution in [3.8, 4) is 0 Å². The number of aryl methyl sites for hydroxylation is 3. The molecular weight excluding hydrogens is 332 g/mol. The molecule has 0 unspecified atom stereocenters. The number of nitrogens with one attached hydrogen (secondary N) is 1. The zero-order chi connectivity index (χ0) is 15.6. The third-order valence-electron chi connectivity index (χ3n) is 3.45. The first-order valence-electron chi connectivity index (χ1n) is 6.63. The average molecular weight is 349 g/mol. The summed E-state index contributed by atoms with van der Waals surface area (Å²) < 4.78 is 0.697. The van der Waals surface area contributed by atoms with Gasteiger partial charge < -0.3 is 5.32 Å². The van der Waals surface area contributed by atoms with Gasteiger partial charge in [-0.3, -0.25) is 10.1 Å². The van der Waals surface area contributed by atoms with E-state index in [9.17, 15) is 10.1 Å². The SMILES string of the molecule is Cc1cc(C)c(CNc2ccc(Br)cc2[N+](=O)[O-])c(C)c1. The fourth-order valence-electron chi connectivity index (χ4n) is 2.48. The van der Waals surface area contributed by atoms with Gasteiger partial charge in [0.25, 0.3) is 5.69 Å². The normalized spacial score (nSPS) is 10.5. The van der Waals surface area contributed by atoms with E-state index in [4.69, 9.17) is 0 Å². The smallest absolute Gasteiger partial charge is 0.293 e. The van der Waals surface area contributed by atoms with Crippen LogP contribution in [0.2, 0.25) is 0 Å². The highest BCUT2D eigenvalue weighted by Crippen LogP contribution is 2.29. The Morgan fingerprint density at radius 1 is 1.14 bits per heavy atom. The second-order valence-electron chi connectivity index (χ2n) is 5.15. The van der Waals surface area contributed by atoms with Gasteiger partial charge >= 0.3 is 0 Å². The summed E-state index contributed by atoms with van der Waals surface area (Å²) in [6.45, 7) is 6.76. The van der Waals surface area contributed by atoms with Crippen LogP contribution in [0.4, 0.5) is 11.4 Å². The fraction of sp³-hybridized carbons (Fsp3) is 0.250. The van der Waals surface area contributed by atoms with Gasteiger partial charge in [-0.05, 0) is 49.6 Å². The molecule has 0 saturated carbocycles. The number of benzene rings is 2. The Labute approximate surface area is 132 Å². The molecule has 4 nitrogen and oxygen atoms in total. The first-order chi connectivity index (χ1) is 9.88. The van der Waals surface area contributed by atoms with Crippen molar-refractivity contribution >= 4 is 27.3 Å². The summed E-state index contributed by atoms with van der Waals surface area (Å²) in [6, 6.07) is 9.28. The van der Waals surface area contributed by atoms with E-state index in [0.717, 1.165) is 0 Å². The minimum absolute atomic E-state index is 0.0757. The van der Waals surface area contributed by atoms with E-state index in [1.54, 1.807) is 12.1 Å². The van der Waals surface area contributed by atoms with Gasteiger partial charge in [0.15, 0.2) is 0 Å². The van der Waals surface area contributed by atoms with Gasteiger partial charge in [-0.25, -0.2) is 0 Å². The van der Waals surface area contributed by atoms with Crippen LogP contribution in [0.3, 0.4) is 0 Å². The number of halogens is 1. The lowest BCUT2D eigenvalue weighted by Gasteiger charge is -2.13. The van der Waals surface area contributed by atoms with Gasteiger partial charge in [0.2, 0.25) is 0 Å². The maximum atomic E-state index is 11.1. The molecule has 2 aromatic rings. The molecule has 0 fully saturated rings. The average Bonchev–Trinajstić information content (AvgIpc) is 2.38. The second kappa shape index (κ2) is 6.26. The number of hydrogen-bond donors (Lipinski definition) is 1. The summed E-state index contributed by atoms with van der Waals surface area (Å²) in [6.07, 6.45) is 0. The Hall–Kier alpha value is -1.88. The monoisotopic (exact) mass is 348 g/mol. The number of anilines is 1. The van der Waals surface area contributed by atoms with Crippen LogP contribution < -0.4 is 5.32 Å². The van der Waals surface area contributed by atoms with Crippen molar-refractivity contribution in [2.24, 2.45) is 0 Å². The molecule has 21 heavy (non-hydrogen) atoms. The predicted molar refractivity (Wildman–Crippen MR) is 88.8 cm³/mol. The fourth-order valence-corrected chi connectivity index (χ4v) is 2.83. The van der Waals surface area contributed by atoms with Gasteiger partial charge in [0.1, 0.15) is 5.69 Å². The molecule has 0 bridgehead atoms. The quantitative estimate of drug-likeness (QED) is 0.631. The van der Waals surface area contributed by atoms with E-state index in [0.29, 0.717) is 16.7 Å². The topological polar surface area (TPSA) is 55.2 Å². The third kappa shape index (κ3) is 3.61. The van der Waals surface area contributed by atoms with Crippen LogP contribution in [0.1, 0.15) is 22.3 Å². The highest BCUT2D eigenvalue weighted by atomic mass is 79.9. The largest absolute Gasteiger partial charge is 0.375 e. The second-order valence-corrected chi connectivity index (χ2v) is 6.07. The van der Waals surface area contributed by atoms with Gasteiger partial charge in [-0.2, -0.15) is 0 Å². The third-order valence-corrected chi connectivity index (χ3v) is 3.95. The van der Waals surface area contributed by atoms with Crippen LogP contribution in [0, 0.1) is 30.9 Å². The van der Waals surface area contributed by atoms with Gasteiger partial charge in [0.05, 0.1) is 4.92 Å². The first kappa shape index (κ1) is 15.5. The Bertz CT molecular complexity index is 676. The van der Waals surface area contributed by atoms with Gasteiger partial charge in [0, 0.05) is 17.1 Å². The summed E-state index contributed by atoms with van der Waals surface area (Å²) >= 11 is 3.26. The van der Waals surface area contributed by atoms with Gasteiger partial charge in [-0.15, -0.1) is 0 Å². The molecule has 0 heterocycles. The summed E-state index contributed by atoms with van der Waals surface area (Å²) in [5.41, 5.74) is 5.40. The maximum Gasteiger partial charge on any atom is 0.293 e. The number of nitro benzene ring substituents is 1. The lowest BCUT2D eigenvalue weighted by atomic mass is 10.00. The molecule has 2 rings (SSSR count). The molecule has 0 radical (unpaired) electrons. The number of hydrogen-bond acceptors (Lipinski definition) is 3. The zero-order valence-corrected chi connectivity index (χ0v) is 13.8. The van der Waals surface area contributed by atoms with Crippen molar-refractivity contribution in [3.05, 3.63) is 67.2 Å². The lowest BCUT2D eigenvalue weighted by Crippen LogP contribution is -2.06. The van der Waals surface area contributed by atoms with E-state index in [2.05, 4.69) is 54.2 Å². The highest BCUT2D eigenvalue weighted by Gasteiger charge is 2.14. The Kier molecular flexibility index (Phi) is 4.63. The molecule has 0 saturated heterocycles. The van der Waals surface area contributed by atoms with E-state index in [1.165, 1.54) is 28.3 Å². The van der Waals surface area contributed by atoms with E-state index in [1.807, 2.05) is 0 Å². The molecule has 5 heteroatoms. The van der Waals surface area contributed by atoms with Crippen LogP contribution in [0.5, 0.6) is 0 Å². The van der Waals surface area contributed by atoms with Crippen molar-refractivity contribution in [3.63, 3.8) is 0 Å². The first-order valence-corrected chi connectivity index (χ1v) is 7.42. The zero-order valence-electron chi connectivity index (χ0n) is 12.2. The Morgan fingerprint density at radius 3 is 2.33 bits per heavy atom. The van der Waals surface area contributed by atoms with Crippen molar-refractivity contribution in [2.45, 2.75) is 27.3 Å². The molecule has 0 aliphatic heterocycles. The molecule has 2 aromatic carbocycles. The van der Waals surface area contributed by atoms with E-state index < -0.39 is 0 Å². The predicted octanol–water partition coefficient (Wildman–Crippen LogP) is 4.89. The van der Waals surface area contributed by atoms with Crippen LogP contribution in [-0.4, -0.2) is 4.92 Å². The number of rotatable bonds is 4. The molecule has 1 N–H and O–H groups in total. The van der Waals surface area contributed by atoms with Crippen molar-refractivity contribution in [1.29, 1.82) is 0 Å². The minimum Gasteiger partial charge on any atom is -0.375 e. The standard InChI is InChI=1S/C16H17BrN2O2/c1-10-6-11(2)14(12(3)7-10)9-18-15-5-4-13(17)8-16(15)19(20)21/h4-8,18H,9H2,1-3H3. The van der Waals surface area contributed by atoms with Crippen LogP contribution in [0.25, 0.3) is 0 Å². The summed E-state index contributed by atoms with van der Waals surface area (Å²) in [4.78, 5) is 10.7. The molecule has 0 atom stereocenters. The molecular formula is C16H17BrN2O2. The van der Waals surface area contributed by atoms with Gasteiger partial charge in [-0.1, -0.05) is 33.6 Å². The van der Waals surface area contributed by atoms with Crippen LogP contribution in [-0.2, 0) is 6.54 Å². The van der Waals surface area contributed by atoms with Crippen LogP contribution >= 0.6 is 15.9 Å². The van der Waals surface area contributed by atoms with Crippen molar-refractivity contribution in [1.82, 2.24) is 0 Å². The summed E-state index contributed by atoms with van der Waals surface area (Å²) in [7, 11) is 0. The Balaban J connectivity index is 2.27. The number of nitro groups is 1. The van der Waals surface area contributed by atoms with Crippen LogP contribution in [0.15, 0.2) is 34.8 Å². The maximum absolute atomic E-state index is 11.1. The Morgan fingerprint density at radius 2 is 1.76 bits per heavy atom. The van der Waals surface area contributed by atoms with E-state index in [-0.39, 0.29) is 10.6 Å². The minimum atomic E-state index is -0.373. The van der Waals surface area contributed by atoms with E-state index >= 15 is 0 Å². The highest BCUT2D eigenvalue weighted by molar-refractivity contribution is 9.10. The summed E-state index contributed by atoms with van der Waals surface area (Å²) in [5.74, 6) is 0.